The van der Waals surface area contributed by atoms with Gasteiger partial charge in [0.15, 0.2) is 0 Å². The lowest BCUT2D eigenvalue weighted by atomic mass is 10.1. The molecular formula is C24H60N4+4. The molecule has 0 atom stereocenters. The molecule has 172 valence electrons. The molecular weight excluding hydrogens is 344 g/mol. The van der Waals surface area contributed by atoms with Crippen molar-refractivity contribution in [2.45, 2.75) is 51.4 Å². The molecule has 0 spiro atoms. The second-order valence-electron chi connectivity index (χ2n) is 12.9. The molecule has 0 rings (SSSR count). The van der Waals surface area contributed by atoms with Crippen LogP contribution < -0.4 is 0 Å². The lowest BCUT2D eigenvalue weighted by Crippen LogP contribution is -2.35. The van der Waals surface area contributed by atoms with Crippen LogP contribution in [0.1, 0.15) is 51.4 Å². The van der Waals surface area contributed by atoms with Crippen LogP contribution in [0.3, 0.4) is 0 Å². The fourth-order valence-corrected chi connectivity index (χ4v) is 3.05. The minimum atomic E-state index is 1.11. The van der Waals surface area contributed by atoms with E-state index in [1.54, 1.807) is 0 Å². The van der Waals surface area contributed by atoms with Crippen molar-refractivity contribution in [2.24, 2.45) is 0 Å². The molecule has 0 aromatic heterocycles. The molecule has 0 heterocycles. The summed E-state index contributed by atoms with van der Waals surface area (Å²) in [6.07, 6.45) is 11.1. The standard InChI is InChI=1S/2C12H30N2/c2*1-13(2,3)11-9-7-8-10-12-14(4,5)6/h2*7-12H2,1-6H3/q2*+2. The molecule has 0 N–H and O–H groups in total. The number of unbranched alkanes of at least 4 members (excludes halogenated alkanes) is 6. The Morgan fingerprint density at radius 3 is 0.500 bits per heavy atom. The number of rotatable bonds is 14. The molecule has 0 saturated carbocycles. The summed E-state index contributed by atoms with van der Waals surface area (Å²) in [6.45, 7) is 5.24. The van der Waals surface area contributed by atoms with E-state index in [1.807, 2.05) is 0 Å². The molecule has 0 aromatic rings. The van der Waals surface area contributed by atoms with Gasteiger partial charge in [-0.2, -0.15) is 0 Å². The SMILES string of the molecule is C[N+](C)(C)CCCCCC[N+](C)(C)C.C[N+](C)(C)CCCCCC[N+](C)(C)C. The lowest BCUT2D eigenvalue weighted by Gasteiger charge is -2.25. The van der Waals surface area contributed by atoms with Crippen LogP contribution in [0.25, 0.3) is 0 Å². The van der Waals surface area contributed by atoms with Crippen LogP contribution in [-0.4, -0.2) is 129 Å². The molecule has 0 fully saturated rings. The second kappa shape index (κ2) is 14.0. The summed E-state index contributed by atoms with van der Waals surface area (Å²) < 4.78 is 4.43. The molecule has 0 aliphatic rings. The van der Waals surface area contributed by atoms with Crippen molar-refractivity contribution in [1.82, 2.24) is 0 Å². The second-order valence-corrected chi connectivity index (χ2v) is 12.9. The van der Waals surface area contributed by atoms with E-state index in [4.69, 9.17) is 0 Å². The van der Waals surface area contributed by atoms with Crippen molar-refractivity contribution in [1.29, 1.82) is 0 Å². The largest absolute Gasteiger partial charge is 0.331 e. The molecule has 28 heavy (non-hydrogen) atoms. The average Bonchev–Trinajstić information content (AvgIpc) is 2.43. The maximum Gasteiger partial charge on any atom is 0.0780 e. The Bertz CT molecular complexity index is 279. The maximum absolute atomic E-state index is 2.27. The van der Waals surface area contributed by atoms with Crippen molar-refractivity contribution >= 4 is 0 Å². The Balaban J connectivity index is 0. The molecule has 0 aliphatic heterocycles. The van der Waals surface area contributed by atoms with E-state index in [0.717, 1.165) is 17.9 Å². The van der Waals surface area contributed by atoms with Crippen molar-refractivity contribution in [2.75, 3.05) is 111 Å². The first-order valence-electron chi connectivity index (χ1n) is 11.6. The van der Waals surface area contributed by atoms with Crippen molar-refractivity contribution < 1.29 is 17.9 Å². The topological polar surface area (TPSA) is 0 Å². The summed E-state index contributed by atoms with van der Waals surface area (Å²) in [5.74, 6) is 0. The Morgan fingerprint density at radius 1 is 0.250 bits per heavy atom. The van der Waals surface area contributed by atoms with Gasteiger partial charge in [0.2, 0.25) is 0 Å². The highest BCUT2D eigenvalue weighted by Crippen LogP contribution is 2.06. The van der Waals surface area contributed by atoms with E-state index in [0.29, 0.717) is 0 Å². The van der Waals surface area contributed by atoms with Crippen LogP contribution in [0.2, 0.25) is 0 Å². The van der Waals surface area contributed by atoms with Crippen LogP contribution in [0.4, 0.5) is 0 Å². The van der Waals surface area contributed by atoms with E-state index in [1.165, 1.54) is 77.5 Å². The quantitative estimate of drug-likeness (QED) is 0.304. The number of hydrogen-bond acceptors (Lipinski definition) is 0. The Morgan fingerprint density at radius 2 is 0.393 bits per heavy atom. The molecule has 0 saturated heterocycles. The first-order valence-corrected chi connectivity index (χ1v) is 11.6. The Labute approximate surface area is 180 Å². The normalized spacial score (nSPS) is 13.3. The van der Waals surface area contributed by atoms with E-state index in [9.17, 15) is 0 Å². The van der Waals surface area contributed by atoms with Crippen LogP contribution in [0.5, 0.6) is 0 Å². The van der Waals surface area contributed by atoms with Crippen molar-refractivity contribution in [3.05, 3.63) is 0 Å². The van der Waals surface area contributed by atoms with Crippen molar-refractivity contribution in [3.8, 4) is 0 Å². The molecule has 0 bridgehead atoms. The first-order chi connectivity index (χ1) is 12.4. The number of quaternary nitrogens is 4. The molecule has 0 aliphatic carbocycles. The average molecular weight is 405 g/mol. The van der Waals surface area contributed by atoms with Gasteiger partial charge in [-0.1, -0.05) is 0 Å². The van der Waals surface area contributed by atoms with Gasteiger partial charge in [0.1, 0.15) is 0 Å². The third-order valence-corrected chi connectivity index (χ3v) is 4.82. The molecule has 0 aromatic carbocycles. The van der Waals surface area contributed by atoms with Gasteiger partial charge in [-0.15, -0.1) is 0 Å². The zero-order valence-corrected chi connectivity index (χ0v) is 22.3. The Kier molecular flexibility index (Phi) is 15.0. The van der Waals surface area contributed by atoms with Crippen molar-refractivity contribution in [3.63, 3.8) is 0 Å². The van der Waals surface area contributed by atoms with E-state index in [2.05, 4.69) is 84.6 Å². The lowest BCUT2D eigenvalue weighted by molar-refractivity contribution is -0.871. The minimum Gasteiger partial charge on any atom is -0.331 e. The van der Waals surface area contributed by atoms with E-state index < -0.39 is 0 Å². The third kappa shape index (κ3) is 33.4. The summed E-state index contributed by atoms with van der Waals surface area (Å²) >= 11 is 0. The van der Waals surface area contributed by atoms with E-state index >= 15 is 0 Å². The third-order valence-electron chi connectivity index (χ3n) is 4.82. The monoisotopic (exact) mass is 404 g/mol. The number of hydrogen-bond donors (Lipinski definition) is 0. The zero-order valence-electron chi connectivity index (χ0n) is 22.3. The predicted molar refractivity (Wildman–Crippen MR) is 129 cm³/mol. The van der Waals surface area contributed by atoms with Gasteiger partial charge in [0.05, 0.1) is 111 Å². The van der Waals surface area contributed by atoms with Gasteiger partial charge in [-0.05, 0) is 51.4 Å². The molecule has 0 radical (unpaired) electrons. The predicted octanol–water partition coefficient (Wildman–Crippen LogP) is 3.92. The Hall–Kier alpha value is -0.160. The van der Waals surface area contributed by atoms with Gasteiger partial charge in [-0.25, -0.2) is 0 Å². The smallest absolute Gasteiger partial charge is 0.0780 e. The van der Waals surface area contributed by atoms with Gasteiger partial charge < -0.3 is 17.9 Å². The summed E-state index contributed by atoms with van der Waals surface area (Å²) in [5, 5.41) is 0. The van der Waals surface area contributed by atoms with Crippen LogP contribution >= 0.6 is 0 Å². The van der Waals surface area contributed by atoms with Gasteiger partial charge in [-0.3, -0.25) is 0 Å². The maximum atomic E-state index is 2.27. The first kappa shape index (κ1) is 30.0. The van der Waals surface area contributed by atoms with Gasteiger partial charge in [0.25, 0.3) is 0 Å². The zero-order chi connectivity index (χ0) is 22.5. The number of nitrogens with zero attached hydrogens (tertiary/aromatic N) is 4. The summed E-state index contributed by atoms with van der Waals surface area (Å²) in [7, 11) is 27.2. The molecule has 4 heteroatoms. The van der Waals surface area contributed by atoms with Gasteiger partial charge >= 0.3 is 0 Å². The molecule has 0 unspecified atom stereocenters. The molecule has 0 amide bonds. The summed E-state index contributed by atoms with van der Waals surface area (Å²) in [5.41, 5.74) is 0. The summed E-state index contributed by atoms with van der Waals surface area (Å²) in [6, 6.07) is 0. The fraction of sp³-hybridized carbons (Fsp3) is 1.00. The van der Waals surface area contributed by atoms with Gasteiger partial charge in [0, 0.05) is 0 Å². The highest BCUT2D eigenvalue weighted by molar-refractivity contribution is 4.43. The summed E-state index contributed by atoms with van der Waals surface area (Å²) in [4.78, 5) is 0. The minimum absolute atomic E-state index is 1.11. The van der Waals surface area contributed by atoms with Crippen LogP contribution in [0.15, 0.2) is 0 Å². The highest BCUT2D eigenvalue weighted by Gasteiger charge is 2.08. The fourth-order valence-electron chi connectivity index (χ4n) is 3.05. The molecule has 4 nitrogen and oxygen atoms in total. The van der Waals surface area contributed by atoms with E-state index in [-0.39, 0.29) is 0 Å². The highest BCUT2D eigenvalue weighted by atomic mass is 15.3. The van der Waals surface area contributed by atoms with Crippen LogP contribution in [0, 0.1) is 0 Å². The van der Waals surface area contributed by atoms with Crippen LogP contribution in [-0.2, 0) is 0 Å².